The smallest absolute Gasteiger partial charge is 0.139 e. The largest absolute Gasteiger partial charge is 0.464 e. The van der Waals surface area contributed by atoms with E-state index in [1.54, 1.807) is 12.5 Å². The molecule has 0 radical (unpaired) electrons. The summed E-state index contributed by atoms with van der Waals surface area (Å²) >= 11 is 0. The van der Waals surface area contributed by atoms with Crippen LogP contribution in [0, 0.1) is 5.92 Å². The van der Waals surface area contributed by atoms with Crippen molar-refractivity contribution in [3.05, 3.63) is 42.8 Å². The molecule has 0 saturated carbocycles. The van der Waals surface area contributed by atoms with Crippen molar-refractivity contribution in [3.8, 4) is 0 Å². The summed E-state index contributed by atoms with van der Waals surface area (Å²) in [6, 6.07) is 3.82. The van der Waals surface area contributed by atoms with E-state index in [9.17, 15) is 0 Å². The molecule has 1 aliphatic rings. The van der Waals surface area contributed by atoms with Gasteiger partial charge >= 0.3 is 0 Å². The van der Waals surface area contributed by atoms with Crippen LogP contribution in [-0.4, -0.2) is 27.7 Å². The number of aromatic nitrogens is 3. The third-order valence-corrected chi connectivity index (χ3v) is 4.47. The fourth-order valence-electron chi connectivity index (χ4n) is 3.25. The predicted molar refractivity (Wildman–Crippen MR) is 87.1 cm³/mol. The van der Waals surface area contributed by atoms with Gasteiger partial charge in [-0.05, 0) is 25.0 Å². The normalized spacial score (nSPS) is 21.6. The van der Waals surface area contributed by atoms with E-state index in [0.717, 1.165) is 48.6 Å². The summed E-state index contributed by atoms with van der Waals surface area (Å²) in [6.45, 7) is 1.60. The zero-order valence-corrected chi connectivity index (χ0v) is 13.1. The number of nitrogens with zero attached hydrogens (tertiary/aromatic N) is 3. The topological polar surface area (TPSA) is 65.1 Å². The molecule has 0 amide bonds. The maximum Gasteiger partial charge on any atom is 0.139 e. The first-order chi connectivity index (χ1) is 11.3. The Morgan fingerprint density at radius 3 is 3.13 bits per heavy atom. The van der Waals surface area contributed by atoms with E-state index in [4.69, 9.17) is 9.15 Å². The highest BCUT2D eigenvalue weighted by Gasteiger charge is 2.30. The second-order valence-corrected chi connectivity index (χ2v) is 5.96. The quantitative estimate of drug-likeness (QED) is 0.801. The van der Waals surface area contributed by atoms with Crippen molar-refractivity contribution < 1.29 is 9.15 Å². The Balaban J connectivity index is 1.52. The molecule has 6 heteroatoms. The summed E-state index contributed by atoms with van der Waals surface area (Å²) < 4.78 is 13.5. The summed E-state index contributed by atoms with van der Waals surface area (Å²) in [5.74, 6) is 2.22. The molecule has 2 atom stereocenters. The second-order valence-electron chi connectivity index (χ2n) is 5.96. The monoisotopic (exact) mass is 312 g/mol. The Labute approximate surface area is 134 Å². The average Bonchev–Trinajstić information content (AvgIpc) is 3.22. The van der Waals surface area contributed by atoms with Crippen LogP contribution in [0.3, 0.4) is 0 Å². The Morgan fingerprint density at radius 1 is 1.30 bits per heavy atom. The van der Waals surface area contributed by atoms with E-state index < -0.39 is 0 Å². The van der Waals surface area contributed by atoms with Crippen molar-refractivity contribution >= 4 is 16.8 Å². The number of hydrogen-bond donors (Lipinski definition) is 1. The highest BCUT2D eigenvalue weighted by molar-refractivity contribution is 5.87. The molecule has 4 rings (SSSR count). The third-order valence-electron chi connectivity index (χ3n) is 4.47. The lowest BCUT2D eigenvalue weighted by molar-refractivity contribution is -0.0305. The number of pyridine rings is 1. The first-order valence-electron chi connectivity index (χ1n) is 7.98. The number of imidazole rings is 1. The van der Waals surface area contributed by atoms with E-state index in [1.165, 1.54) is 0 Å². The number of fused-ring (bicyclic) bond motifs is 1. The van der Waals surface area contributed by atoms with Gasteiger partial charge < -0.3 is 19.0 Å². The minimum atomic E-state index is 0.0276. The second kappa shape index (κ2) is 6.04. The first kappa shape index (κ1) is 14.3. The number of nitrogens with one attached hydrogen (secondary N) is 1. The van der Waals surface area contributed by atoms with E-state index >= 15 is 0 Å². The van der Waals surface area contributed by atoms with Crippen LogP contribution < -0.4 is 5.32 Å². The van der Waals surface area contributed by atoms with Crippen molar-refractivity contribution in [2.24, 2.45) is 13.0 Å². The van der Waals surface area contributed by atoms with Gasteiger partial charge in [-0.3, -0.25) is 0 Å². The van der Waals surface area contributed by atoms with E-state index in [2.05, 4.69) is 15.3 Å². The molecule has 1 fully saturated rings. The molecular formula is C17H20N4O2. The highest BCUT2D eigenvalue weighted by atomic mass is 16.5. The van der Waals surface area contributed by atoms with Crippen molar-refractivity contribution in [1.29, 1.82) is 0 Å². The molecular weight excluding hydrogens is 292 g/mol. The van der Waals surface area contributed by atoms with Gasteiger partial charge in [-0.2, -0.15) is 0 Å². The molecule has 23 heavy (non-hydrogen) atoms. The molecule has 0 spiro atoms. The summed E-state index contributed by atoms with van der Waals surface area (Å²) in [5, 5.41) is 4.48. The predicted octanol–water partition coefficient (Wildman–Crippen LogP) is 3.14. The van der Waals surface area contributed by atoms with Crippen molar-refractivity contribution in [1.82, 2.24) is 14.5 Å². The number of aryl methyl sites for hydroxylation is 1. The fraction of sp³-hybridized carbons (Fsp3) is 0.412. The van der Waals surface area contributed by atoms with Crippen LogP contribution >= 0.6 is 0 Å². The van der Waals surface area contributed by atoms with Gasteiger partial charge in [0.2, 0.25) is 0 Å². The van der Waals surface area contributed by atoms with Gasteiger partial charge in [-0.15, -0.1) is 0 Å². The number of rotatable bonds is 4. The lowest BCUT2D eigenvalue weighted by Crippen LogP contribution is -2.30. The standard InChI is InChI=1S/C17H20N4O2/c1-21-8-7-19-17(21)15-12(3-2-9-23-15)11-20-16-13-5-10-22-14(13)4-6-18-16/h4-8,10,12,15H,2-3,9,11H2,1H3,(H,18,20)/t12-,15+/m0/s1. The summed E-state index contributed by atoms with van der Waals surface area (Å²) in [4.78, 5) is 8.90. The Hall–Kier alpha value is -2.34. The molecule has 0 unspecified atom stereocenters. The Bertz CT molecular complexity index is 795. The molecule has 3 aromatic rings. The molecule has 3 aromatic heterocycles. The Kier molecular flexibility index (Phi) is 3.75. The van der Waals surface area contributed by atoms with Gasteiger partial charge in [0.1, 0.15) is 23.3 Å². The van der Waals surface area contributed by atoms with Crippen LogP contribution in [0.15, 0.2) is 41.4 Å². The third kappa shape index (κ3) is 2.70. The van der Waals surface area contributed by atoms with Gasteiger partial charge in [-0.25, -0.2) is 9.97 Å². The lowest BCUT2D eigenvalue weighted by Gasteiger charge is -2.31. The van der Waals surface area contributed by atoms with E-state index in [-0.39, 0.29) is 6.10 Å². The fourth-order valence-corrected chi connectivity index (χ4v) is 3.25. The van der Waals surface area contributed by atoms with Gasteiger partial charge in [0, 0.05) is 44.7 Å². The maximum absolute atomic E-state index is 6.01. The van der Waals surface area contributed by atoms with Crippen LogP contribution in [0.4, 0.5) is 5.82 Å². The molecule has 0 aromatic carbocycles. The molecule has 4 heterocycles. The molecule has 0 bridgehead atoms. The molecule has 0 aliphatic carbocycles. The summed E-state index contributed by atoms with van der Waals surface area (Å²) in [6.07, 6.45) is 9.47. The van der Waals surface area contributed by atoms with Crippen LogP contribution in [0.2, 0.25) is 0 Å². The average molecular weight is 312 g/mol. The van der Waals surface area contributed by atoms with Gasteiger partial charge in [0.05, 0.1) is 11.6 Å². The number of furan rings is 1. The van der Waals surface area contributed by atoms with Gasteiger partial charge in [0.25, 0.3) is 0 Å². The lowest BCUT2D eigenvalue weighted by atomic mass is 9.93. The van der Waals surface area contributed by atoms with Crippen molar-refractivity contribution in [2.45, 2.75) is 18.9 Å². The molecule has 1 N–H and O–H groups in total. The van der Waals surface area contributed by atoms with E-state index in [1.807, 2.05) is 36.1 Å². The highest BCUT2D eigenvalue weighted by Crippen LogP contribution is 2.33. The molecule has 1 aliphatic heterocycles. The zero-order valence-electron chi connectivity index (χ0n) is 13.1. The summed E-state index contributed by atoms with van der Waals surface area (Å²) in [5.41, 5.74) is 0.850. The molecule has 120 valence electrons. The number of anilines is 1. The Morgan fingerprint density at radius 2 is 2.26 bits per heavy atom. The van der Waals surface area contributed by atoms with Crippen LogP contribution in [0.5, 0.6) is 0 Å². The van der Waals surface area contributed by atoms with Crippen molar-refractivity contribution in [3.63, 3.8) is 0 Å². The zero-order chi connectivity index (χ0) is 15.6. The molecule has 6 nitrogen and oxygen atoms in total. The first-order valence-corrected chi connectivity index (χ1v) is 7.98. The van der Waals surface area contributed by atoms with Crippen LogP contribution in [0.1, 0.15) is 24.8 Å². The summed E-state index contributed by atoms with van der Waals surface area (Å²) in [7, 11) is 2.01. The van der Waals surface area contributed by atoms with Gasteiger partial charge in [0.15, 0.2) is 0 Å². The number of ether oxygens (including phenoxy) is 1. The van der Waals surface area contributed by atoms with E-state index in [0.29, 0.717) is 5.92 Å². The maximum atomic E-state index is 6.01. The SMILES string of the molecule is Cn1ccnc1[C@@H]1OCCC[C@H]1CNc1nccc2occc12. The van der Waals surface area contributed by atoms with Gasteiger partial charge in [-0.1, -0.05) is 0 Å². The molecule has 1 saturated heterocycles. The van der Waals surface area contributed by atoms with Crippen LogP contribution in [0.25, 0.3) is 11.0 Å². The van der Waals surface area contributed by atoms with Crippen LogP contribution in [-0.2, 0) is 11.8 Å². The minimum absolute atomic E-state index is 0.0276. The minimum Gasteiger partial charge on any atom is -0.464 e. The van der Waals surface area contributed by atoms with Crippen molar-refractivity contribution in [2.75, 3.05) is 18.5 Å². The number of hydrogen-bond acceptors (Lipinski definition) is 5.